The van der Waals surface area contributed by atoms with Gasteiger partial charge in [-0.3, -0.25) is 4.79 Å². The van der Waals surface area contributed by atoms with Crippen molar-refractivity contribution < 1.29 is 19.1 Å². The van der Waals surface area contributed by atoms with Crippen LogP contribution in [0.5, 0.6) is 5.75 Å². The molecule has 26 heavy (non-hydrogen) atoms. The van der Waals surface area contributed by atoms with Gasteiger partial charge < -0.3 is 14.8 Å². The molecule has 0 aliphatic rings. The number of hydrogen-bond donors (Lipinski definition) is 1. The van der Waals surface area contributed by atoms with E-state index in [1.165, 1.54) is 0 Å². The smallest absolute Gasteiger partial charge is 0.344 e. The van der Waals surface area contributed by atoms with Gasteiger partial charge in [0.05, 0.1) is 0 Å². The highest BCUT2D eigenvalue weighted by Crippen LogP contribution is 2.19. The minimum absolute atomic E-state index is 0.276. The average Bonchev–Trinajstić information content (AvgIpc) is 2.64. The molecular weight excluding hydrogens is 397 g/mol. The summed E-state index contributed by atoms with van der Waals surface area (Å²) in [5, 5.41) is 3.94. The van der Waals surface area contributed by atoms with E-state index < -0.39 is 5.97 Å². The van der Waals surface area contributed by atoms with Crippen LogP contribution in [0.15, 0.2) is 53.4 Å². The zero-order valence-electron chi connectivity index (χ0n) is 13.7. The number of carbonyl (C=O) groups excluding carboxylic acids is 2. The zero-order valence-corrected chi connectivity index (χ0v) is 16.1. The molecule has 0 fully saturated rings. The van der Waals surface area contributed by atoms with Crippen LogP contribution in [0.25, 0.3) is 0 Å². The summed E-state index contributed by atoms with van der Waals surface area (Å²) in [6, 6.07) is 14.0. The predicted octanol–water partition coefficient (Wildman–Crippen LogP) is 3.82. The minimum atomic E-state index is -0.620. The van der Waals surface area contributed by atoms with Gasteiger partial charge in [-0.1, -0.05) is 23.2 Å². The summed E-state index contributed by atoms with van der Waals surface area (Å²) in [5.41, 5.74) is 0. The monoisotopic (exact) mass is 413 g/mol. The molecule has 0 heterocycles. The molecule has 2 aromatic rings. The third kappa shape index (κ3) is 7.99. The van der Waals surface area contributed by atoms with Crippen molar-refractivity contribution in [1.82, 2.24) is 5.32 Å². The van der Waals surface area contributed by atoms with Crippen molar-refractivity contribution in [1.29, 1.82) is 0 Å². The van der Waals surface area contributed by atoms with Gasteiger partial charge in [0.1, 0.15) is 5.75 Å². The van der Waals surface area contributed by atoms with E-state index in [-0.39, 0.29) is 19.1 Å². The molecule has 0 bridgehead atoms. The first-order valence-corrected chi connectivity index (χ1v) is 9.46. The number of amides is 1. The molecule has 8 heteroatoms. The summed E-state index contributed by atoms with van der Waals surface area (Å²) in [6.45, 7) is -0.152. The van der Waals surface area contributed by atoms with E-state index in [0.717, 1.165) is 4.90 Å². The van der Waals surface area contributed by atoms with Crippen molar-refractivity contribution >= 4 is 46.8 Å². The second-order valence-corrected chi connectivity index (χ2v) is 7.10. The predicted molar refractivity (Wildman–Crippen MR) is 103 cm³/mol. The highest BCUT2D eigenvalue weighted by molar-refractivity contribution is 7.99. The highest BCUT2D eigenvalue weighted by atomic mass is 35.5. The van der Waals surface area contributed by atoms with Crippen LogP contribution in [-0.2, 0) is 14.3 Å². The minimum Gasteiger partial charge on any atom is -0.482 e. The number of carbonyl (C=O) groups is 2. The van der Waals surface area contributed by atoms with E-state index in [1.807, 2.05) is 24.3 Å². The third-order valence-corrected chi connectivity index (χ3v) is 4.56. The molecule has 0 atom stereocenters. The summed E-state index contributed by atoms with van der Waals surface area (Å²) in [5.74, 6) is 0.211. The number of halogens is 2. The van der Waals surface area contributed by atoms with Gasteiger partial charge >= 0.3 is 5.97 Å². The van der Waals surface area contributed by atoms with Crippen molar-refractivity contribution in [3.05, 3.63) is 58.6 Å². The third-order valence-electron chi connectivity index (χ3n) is 3.04. The van der Waals surface area contributed by atoms with Gasteiger partial charge in [-0.05, 0) is 48.5 Å². The number of nitrogens with one attached hydrogen (secondary N) is 1. The molecule has 5 nitrogen and oxygen atoms in total. The van der Waals surface area contributed by atoms with E-state index >= 15 is 0 Å². The van der Waals surface area contributed by atoms with E-state index in [0.29, 0.717) is 28.1 Å². The lowest BCUT2D eigenvalue weighted by Crippen LogP contribution is -2.31. The molecule has 0 saturated heterocycles. The number of esters is 1. The summed E-state index contributed by atoms with van der Waals surface area (Å²) in [7, 11) is 0. The Morgan fingerprint density at radius 1 is 0.923 bits per heavy atom. The van der Waals surface area contributed by atoms with Crippen LogP contribution in [0.3, 0.4) is 0 Å². The molecule has 1 N–H and O–H groups in total. The van der Waals surface area contributed by atoms with Gasteiger partial charge in [0, 0.05) is 27.2 Å². The van der Waals surface area contributed by atoms with Crippen LogP contribution in [0.1, 0.15) is 0 Å². The molecule has 2 rings (SSSR count). The molecule has 2 aromatic carbocycles. The Morgan fingerprint density at radius 2 is 1.54 bits per heavy atom. The lowest BCUT2D eigenvalue weighted by molar-refractivity contribution is -0.150. The fraction of sp³-hybridized carbons (Fsp3) is 0.222. The van der Waals surface area contributed by atoms with Crippen molar-refractivity contribution in [2.75, 3.05) is 25.5 Å². The van der Waals surface area contributed by atoms with Gasteiger partial charge in [0.15, 0.2) is 13.2 Å². The lowest BCUT2D eigenvalue weighted by atomic mass is 10.3. The normalized spacial score (nSPS) is 10.2. The molecule has 0 aliphatic carbocycles. The van der Waals surface area contributed by atoms with Crippen molar-refractivity contribution in [3.8, 4) is 5.75 Å². The standard InChI is InChI=1S/C18H17Cl2NO4S/c19-13-1-5-15(6-2-13)24-12-18(23)25-11-17(22)21-9-10-26-16-7-3-14(20)4-8-16/h1-8H,9-12H2,(H,21,22). The first-order chi connectivity index (χ1) is 12.5. The van der Waals surface area contributed by atoms with E-state index in [1.54, 1.807) is 36.0 Å². The number of ether oxygens (including phenoxy) is 2. The fourth-order valence-electron chi connectivity index (χ4n) is 1.80. The van der Waals surface area contributed by atoms with E-state index in [9.17, 15) is 9.59 Å². The molecule has 0 aromatic heterocycles. The molecule has 0 unspecified atom stereocenters. The van der Waals surface area contributed by atoms with Crippen molar-refractivity contribution in [2.24, 2.45) is 0 Å². The average molecular weight is 414 g/mol. The summed E-state index contributed by atoms with van der Waals surface area (Å²) in [6.07, 6.45) is 0. The number of benzene rings is 2. The molecule has 0 spiro atoms. The molecule has 138 valence electrons. The topological polar surface area (TPSA) is 64.6 Å². The molecule has 0 radical (unpaired) electrons. The Morgan fingerprint density at radius 3 is 2.19 bits per heavy atom. The molecular formula is C18H17Cl2NO4S. The van der Waals surface area contributed by atoms with Crippen molar-refractivity contribution in [2.45, 2.75) is 4.90 Å². The van der Waals surface area contributed by atoms with Crippen LogP contribution in [0, 0.1) is 0 Å². The van der Waals surface area contributed by atoms with Crippen molar-refractivity contribution in [3.63, 3.8) is 0 Å². The largest absolute Gasteiger partial charge is 0.482 e. The van der Waals surface area contributed by atoms with Gasteiger partial charge in [-0.2, -0.15) is 0 Å². The van der Waals surface area contributed by atoms with E-state index in [4.69, 9.17) is 32.7 Å². The zero-order chi connectivity index (χ0) is 18.8. The van der Waals surface area contributed by atoms with Gasteiger partial charge in [-0.25, -0.2) is 4.79 Å². The molecule has 0 saturated carbocycles. The fourth-order valence-corrected chi connectivity index (χ4v) is 2.82. The summed E-state index contributed by atoms with van der Waals surface area (Å²) in [4.78, 5) is 24.3. The maximum Gasteiger partial charge on any atom is 0.344 e. The summed E-state index contributed by atoms with van der Waals surface area (Å²) >= 11 is 13.2. The van der Waals surface area contributed by atoms with Crippen LogP contribution < -0.4 is 10.1 Å². The van der Waals surface area contributed by atoms with Gasteiger partial charge in [0.2, 0.25) is 0 Å². The van der Waals surface area contributed by atoms with Gasteiger partial charge in [0.25, 0.3) is 5.91 Å². The number of hydrogen-bond acceptors (Lipinski definition) is 5. The lowest BCUT2D eigenvalue weighted by Gasteiger charge is -2.08. The summed E-state index contributed by atoms with van der Waals surface area (Å²) < 4.78 is 10.1. The van der Waals surface area contributed by atoms with Crippen LogP contribution >= 0.6 is 35.0 Å². The molecule has 0 aliphatic heterocycles. The first kappa shape index (κ1) is 20.4. The van der Waals surface area contributed by atoms with E-state index in [2.05, 4.69) is 5.32 Å². The number of rotatable bonds is 9. The Hall–Kier alpha value is -1.89. The first-order valence-electron chi connectivity index (χ1n) is 7.72. The van der Waals surface area contributed by atoms with Crippen LogP contribution in [0.4, 0.5) is 0 Å². The van der Waals surface area contributed by atoms with Crippen LogP contribution in [0.2, 0.25) is 10.0 Å². The Labute approximate surface area is 166 Å². The maximum atomic E-state index is 11.6. The maximum absolute atomic E-state index is 11.6. The quantitative estimate of drug-likeness (QED) is 0.384. The SMILES string of the molecule is O=C(COC(=O)COc1ccc(Cl)cc1)NCCSc1ccc(Cl)cc1. The number of thioether (sulfide) groups is 1. The second-order valence-electron chi connectivity index (χ2n) is 5.06. The Bertz CT molecular complexity index is 723. The second kappa shape index (κ2) is 11.0. The Balaban J connectivity index is 1.55. The van der Waals surface area contributed by atoms with Crippen LogP contribution in [-0.4, -0.2) is 37.4 Å². The Kier molecular flexibility index (Phi) is 8.61. The highest BCUT2D eigenvalue weighted by Gasteiger charge is 2.08. The van der Waals surface area contributed by atoms with Gasteiger partial charge in [-0.15, -0.1) is 11.8 Å². The molecule has 1 amide bonds.